The third-order valence-electron chi connectivity index (χ3n) is 2.65. The summed E-state index contributed by atoms with van der Waals surface area (Å²) < 4.78 is 0. The predicted octanol–water partition coefficient (Wildman–Crippen LogP) is 2.05. The molecule has 1 aromatic heterocycles. The summed E-state index contributed by atoms with van der Waals surface area (Å²) in [5.74, 6) is -1.13. The molecule has 0 unspecified atom stereocenters. The van der Waals surface area contributed by atoms with Gasteiger partial charge in [0.15, 0.2) is 0 Å². The molecule has 0 aliphatic carbocycles. The number of hydrogen-bond donors (Lipinski definition) is 1. The number of carbonyl (C=O) groups excluding carboxylic acids is 1. The highest BCUT2D eigenvalue weighted by molar-refractivity contribution is 5.95. The van der Waals surface area contributed by atoms with Crippen molar-refractivity contribution in [2.24, 2.45) is 0 Å². The summed E-state index contributed by atoms with van der Waals surface area (Å²) in [4.78, 5) is 28.4. The summed E-state index contributed by atoms with van der Waals surface area (Å²) in [5.41, 5.74) is 1.05. The first-order valence-electron chi connectivity index (χ1n) is 6.12. The van der Waals surface area contributed by atoms with Crippen molar-refractivity contribution >= 4 is 18.0 Å². The van der Waals surface area contributed by atoms with Gasteiger partial charge in [-0.3, -0.25) is 9.78 Å². The van der Waals surface area contributed by atoms with Crippen LogP contribution in [0, 0.1) is 0 Å². The number of amides is 1. The molecule has 0 saturated carbocycles. The first-order chi connectivity index (χ1) is 8.95. The van der Waals surface area contributed by atoms with E-state index in [0.717, 1.165) is 6.08 Å². The first kappa shape index (κ1) is 14.9. The van der Waals surface area contributed by atoms with Gasteiger partial charge in [0.1, 0.15) is 0 Å². The normalized spacial score (nSPS) is 10.9. The Labute approximate surface area is 112 Å². The van der Waals surface area contributed by atoms with Gasteiger partial charge >= 0.3 is 5.97 Å². The molecule has 19 heavy (non-hydrogen) atoms. The molecule has 0 atom stereocenters. The standard InChI is InChI=1S/C14H18N2O3/c1-4-16(10(2)3)14(19)12-7-11(8-15-9-12)5-6-13(17)18/h5-10H,4H2,1-3H3,(H,17,18). The van der Waals surface area contributed by atoms with Gasteiger partial charge in [-0.1, -0.05) is 0 Å². The molecule has 1 aromatic rings. The van der Waals surface area contributed by atoms with Gasteiger partial charge in [-0.15, -0.1) is 0 Å². The highest BCUT2D eigenvalue weighted by Crippen LogP contribution is 2.10. The largest absolute Gasteiger partial charge is 0.478 e. The van der Waals surface area contributed by atoms with Crippen LogP contribution in [0.1, 0.15) is 36.7 Å². The van der Waals surface area contributed by atoms with Crippen LogP contribution in [0.25, 0.3) is 6.08 Å². The second kappa shape index (κ2) is 6.68. The molecule has 5 nitrogen and oxygen atoms in total. The Morgan fingerprint density at radius 1 is 1.42 bits per heavy atom. The van der Waals surface area contributed by atoms with E-state index in [-0.39, 0.29) is 11.9 Å². The minimum Gasteiger partial charge on any atom is -0.478 e. The molecule has 0 aromatic carbocycles. The third kappa shape index (κ3) is 4.21. The van der Waals surface area contributed by atoms with Crippen LogP contribution in [-0.4, -0.2) is 39.5 Å². The Morgan fingerprint density at radius 3 is 2.63 bits per heavy atom. The molecule has 1 amide bonds. The average molecular weight is 262 g/mol. The maximum Gasteiger partial charge on any atom is 0.328 e. The van der Waals surface area contributed by atoms with E-state index in [2.05, 4.69) is 4.98 Å². The minimum absolute atomic E-state index is 0.101. The van der Waals surface area contributed by atoms with Gasteiger partial charge in [0.05, 0.1) is 5.56 Å². The van der Waals surface area contributed by atoms with Gasteiger partial charge in [0, 0.05) is 31.1 Å². The Morgan fingerprint density at radius 2 is 2.11 bits per heavy atom. The predicted molar refractivity (Wildman–Crippen MR) is 72.8 cm³/mol. The lowest BCUT2D eigenvalue weighted by Crippen LogP contribution is -2.36. The lowest BCUT2D eigenvalue weighted by molar-refractivity contribution is -0.131. The minimum atomic E-state index is -1.03. The second-order valence-electron chi connectivity index (χ2n) is 4.36. The number of nitrogens with zero attached hydrogens (tertiary/aromatic N) is 2. The van der Waals surface area contributed by atoms with E-state index in [1.807, 2.05) is 20.8 Å². The molecule has 0 aliphatic heterocycles. The molecule has 102 valence electrons. The molecule has 1 N–H and O–H groups in total. The topological polar surface area (TPSA) is 70.5 Å². The summed E-state index contributed by atoms with van der Waals surface area (Å²) in [7, 11) is 0. The highest BCUT2D eigenvalue weighted by Gasteiger charge is 2.17. The van der Waals surface area contributed by atoms with E-state index < -0.39 is 5.97 Å². The monoisotopic (exact) mass is 262 g/mol. The van der Waals surface area contributed by atoms with Crippen molar-refractivity contribution in [3.05, 3.63) is 35.7 Å². The lowest BCUT2D eigenvalue weighted by Gasteiger charge is -2.25. The third-order valence-corrected chi connectivity index (χ3v) is 2.65. The van der Waals surface area contributed by atoms with Crippen LogP contribution in [0.3, 0.4) is 0 Å². The molecular formula is C14H18N2O3. The van der Waals surface area contributed by atoms with Crippen molar-refractivity contribution in [2.75, 3.05) is 6.54 Å². The highest BCUT2D eigenvalue weighted by atomic mass is 16.4. The number of aliphatic carboxylic acids is 1. The van der Waals surface area contributed by atoms with E-state index >= 15 is 0 Å². The summed E-state index contributed by atoms with van der Waals surface area (Å²) in [5, 5.41) is 8.57. The zero-order valence-corrected chi connectivity index (χ0v) is 11.3. The molecule has 0 fully saturated rings. The van der Waals surface area contributed by atoms with Crippen molar-refractivity contribution in [3.8, 4) is 0 Å². The van der Waals surface area contributed by atoms with Gasteiger partial charge in [-0.05, 0) is 38.5 Å². The number of carboxylic acid groups (broad SMARTS) is 1. The molecule has 0 bridgehead atoms. The zero-order valence-electron chi connectivity index (χ0n) is 11.3. The zero-order chi connectivity index (χ0) is 14.4. The molecule has 0 aliphatic rings. The quantitative estimate of drug-likeness (QED) is 0.824. The van der Waals surface area contributed by atoms with Crippen molar-refractivity contribution in [1.29, 1.82) is 0 Å². The molecule has 0 saturated heterocycles. The first-order valence-corrected chi connectivity index (χ1v) is 6.12. The van der Waals surface area contributed by atoms with Gasteiger partial charge in [0.2, 0.25) is 0 Å². The second-order valence-corrected chi connectivity index (χ2v) is 4.36. The van der Waals surface area contributed by atoms with E-state index in [0.29, 0.717) is 17.7 Å². The fourth-order valence-electron chi connectivity index (χ4n) is 1.74. The average Bonchev–Trinajstić information content (AvgIpc) is 2.37. The Kier molecular flexibility index (Phi) is 5.23. The van der Waals surface area contributed by atoms with E-state index in [1.54, 1.807) is 11.0 Å². The van der Waals surface area contributed by atoms with Crippen LogP contribution in [0.2, 0.25) is 0 Å². The Bertz CT molecular complexity index is 495. The van der Waals surface area contributed by atoms with Crippen molar-refractivity contribution in [1.82, 2.24) is 9.88 Å². The van der Waals surface area contributed by atoms with Gasteiger partial charge in [0.25, 0.3) is 5.91 Å². The lowest BCUT2D eigenvalue weighted by atomic mass is 10.1. The van der Waals surface area contributed by atoms with E-state index in [4.69, 9.17) is 5.11 Å². The van der Waals surface area contributed by atoms with Crippen molar-refractivity contribution in [3.63, 3.8) is 0 Å². The van der Waals surface area contributed by atoms with Gasteiger partial charge in [-0.2, -0.15) is 0 Å². The molecular weight excluding hydrogens is 244 g/mol. The Balaban J connectivity index is 2.98. The number of hydrogen-bond acceptors (Lipinski definition) is 3. The SMILES string of the molecule is CCN(C(=O)c1cncc(C=CC(=O)O)c1)C(C)C. The smallest absolute Gasteiger partial charge is 0.328 e. The van der Waals surface area contributed by atoms with Crippen molar-refractivity contribution in [2.45, 2.75) is 26.8 Å². The van der Waals surface area contributed by atoms with Crippen LogP contribution in [0.4, 0.5) is 0 Å². The van der Waals surface area contributed by atoms with Gasteiger partial charge in [-0.25, -0.2) is 4.79 Å². The van der Waals surface area contributed by atoms with Crippen LogP contribution in [0.5, 0.6) is 0 Å². The van der Waals surface area contributed by atoms with E-state index in [1.165, 1.54) is 18.5 Å². The summed E-state index contributed by atoms with van der Waals surface area (Å²) >= 11 is 0. The number of carbonyl (C=O) groups is 2. The number of pyridine rings is 1. The van der Waals surface area contributed by atoms with Gasteiger partial charge < -0.3 is 10.0 Å². The Hall–Kier alpha value is -2.17. The number of aromatic nitrogens is 1. The molecule has 0 spiro atoms. The maximum absolute atomic E-state index is 12.3. The fraction of sp³-hybridized carbons (Fsp3) is 0.357. The fourth-order valence-corrected chi connectivity index (χ4v) is 1.74. The van der Waals surface area contributed by atoms with Crippen LogP contribution in [-0.2, 0) is 4.79 Å². The van der Waals surface area contributed by atoms with E-state index in [9.17, 15) is 9.59 Å². The summed E-state index contributed by atoms with van der Waals surface area (Å²) in [6, 6.07) is 1.75. The number of carboxylic acids is 1. The number of rotatable bonds is 5. The van der Waals surface area contributed by atoms with Crippen LogP contribution < -0.4 is 0 Å². The van der Waals surface area contributed by atoms with Crippen LogP contribution in [0.15, 0.2) is 24.5 Å². The molecule has 1 rings (SSSR count). The summed E-state index contributed by atoms with van der Waals surface area (Å²) in [6.45, 7) is 6.43. The molecule has 1 heterocycles. The van der Waals surface area contributed by atoms with Crippen LogP contribution >= 0.6 is 0 Å². The molecule has 5 heteroatoms. The van der Waals surface area contributed by atoms with Crippen molar-refractivity contribution < 1.29 is 14.7 Å². The maximum atomic E-state index is 12.3. The summed E-state index contributed by atoms with van der Waals surface area (Å²) in [6.07, 6.45) is 5.44. The molecule has 0 radical (unpaired) electrons.